The normalized spacial score (nSPS) is 6.60. The molecular formula is C6H18O2S2. The van der Waals surface area contributed by atoms with E-state index >= 15 is 0 Å². The highest BCUT2D eigenvalue weighted by Gasteiger charge is 1.58. The van der Waals surface area contributed by atoms with Gasteiger partial charge in [0, 0.05) is 0 Å². The summed E-state index contributed by atoms with van der Waals surface area (Å²) in [5.74, 6) is 1.89. The Balaban J connectivity index is -0.0000000750. The second-order valence-corrected chi connectivity index (χ2v) is 2.34. The summed E-state index contributed by atoms with van der Waals surface area (Å²) in [5.41, 5.74) is 0. The van der Waals surface area contributed by atoms with Crippen LogP contribution in [-0.2, 0) is 0 Å². The first-order chi connectivity index (χ1) is 4.74. The molecule has 4 heteroatoms. The van der Waals surface area contributed by atoms with Crippen LogP contribution in [0.25, 0.3) is 0 Å². The summed E-state index contributed by atoms with van der Waals surface area (Å²) in [6.45, 7) is 3.73. The van der Waals surface area contributed by atoms with Crippen LogP contribution in [0.5, 0.6) is 0 Å². The lowest BCUT2D eigenvalue weighted by molar-refractivity contribution is 0.186. The van der Waals surface area contributed by atoms with Crippen molar-refractivity contribution in [3.05, 3.63) is 0 Å². The van der Waals surface area contributed by atoms with E-state index in [0.717, 1.165) is 11.5 Å². The Kier molecular flexibility index (Phi) is 56.7. The molecule has 0 radical (unpaired) electrons. The molecule has 0 aliphatic rings. The minimum Gasteiger partial charge on any atom is -0.394 e. The van der Waals surface area contributed by atoms with Crippen molar-refractivity contribution in [1.82, 2.24) is 0 Å². The van der Waals surface area contributed by atoms with Gasteiger partial charge in [-0.15, -0.1) is 0 Å². The topological polar surface area (TPSA) is 40.5 Å². The van der Waals surface area contributed by atoms with Crippen LogP contribution < -0.4 is 0 Å². The van der Waals surface area contributed by atoms with Crippen LogP contribution in [0.4, 0.5) is 0 Å². The highest BCUT2D eigenvalue weighted by Crippen LogP contribution is 1.58. The van der Waals surface area contributed by atoms with Crippen LogP contribution in [0.2, 0.25) is 0 Å². The Labute approximate surface area is 74.5 Å². The van der Waals surface area contributed by atoms with E-state index in [1.807, 2.05) is 13.8 Å². The standard InChI is InChI=1S/C2H6O2.2C2H6S/c3-1-2-4;2*1-2-3/h3-4H,1-2H2;2*3H,2H2,1H3. The zero-order valence-corrected chi connectivity index (χ0v) is 8.41. The third kappa shape index (κ3) is 191. The highest BCUT2D eigenvalue weighted by atomic mass is 32.1. The van der Waals surface area contributed by atoms with Crippen molar-refractivity contribution < 1.29 is 10.2 Å². The molecule has 0 heterocycles. The number of aliphatic hydroxyl groups excluding tert-OH is 2. The van der Waals surface area contributed by atoms with Gasteiger partial charge in [0.2, 0.25) is 0 Å². The fraction of sp³-hybridized carbons (Fsp3) is 1.00. The van der Waals surface area contributed by atoms with Gasteiger partial charge in [0.05, 0.1) is 13.2 Å². The highest BCUT2D eigenvalue weighted by molar-refractivity contribution is 7.80. The average molecular weight is 186 g/mol. The lowest BCUT2D eigenvalue weighted by Gasteiger charge is -1.70. The maximum Gasteiger partial charge on any atom is 0.0662 e. The SMILES string of the molecule is CCS.CCS.OCCO. The fourth-order valence-corrected chi connectivity index (χ4v) is 0. The zero-order chi connectivity index (χ0) is 8.83. The third-order valence-corrected chi connectivity index (χ3v) is 0.1000. The molecule has 0 bridgehead atoms. The summed E-state index contributed by atoms with van der Waals surface area (Å²) in [6, 6.07) is 0. The Hall–Kier alpha value is 0.620. The van der Waals surface area contributed by atoms with Gasteiger partial charge in [0.15, 0.2) is 0 Å². The molecule has 0 atom stereocenters. The molecule has 66 valence electrons. The molecule has 0 aliphatic heterocycles. The van der Waals surface area contributed by atoms with Crippen LogP contribution >= 0.6 is 25.3 Å². The van der Waals surface area contributed by atoms with Crippen molar-refractivity contribution in [3.8, 4) is 0 Å². The lowest BCUT2D eigenvalue weighted by atomic mass is 10.8. The van der Waals surface area contributed by atoms with Gasteiger partial charge in [-0.25, -0.2) is 0 Å². The van der Waals surface area contributed by atoms with E-state index in [1.165, 1.54) is 0 Å². The van der Waals surface area contributed by atoms with Crippen molar-refractivity contribution in [1.29, 1.82) is 0 Å². The van der Waals surface area contributed by atoms with E-state index in [-0.39, 0.29) is 13.2 Å². The molecule has 0 saturated heterocycles. The number of hydrogen-bond acceptors (Lipinski definition) is 4. The molecule has 0 aromatic heterocycles. The van der Waals surface area contributed by atoms with Crippen molar-refractivity contribution in [2.24, 2.45) is 0 Å². The monoisotopic (exact) mass is 186 g/mol. The minimum absolute atomic E-state index is 0.125. The maximum absolute atomic E-state index is 7.62. The molecule has 0 rings (SSSR count). The van der Waals surface area contributed by atoms with Gasteiger partial charge in [0.1, 0.15) is 0 Å². The van der Waals surface area contributed by atoms with Gasteiger partial charge in [-0.3, -0.25) is 0 Å². The molecular weight excluding hydrogens is 168 g/mol. The summed E-state index contributed by atoms with van der Waals surface area (Å²) in [7, 11) is 0. The largest absolute Gasteiger partial charge is 0.394 e. The van der Waals surface area contributed by atoms with Crippen LogP contribution in [-0.4, -0.2) is 34.9 Å². The first-order valence-electron chi connectivity index (χ1n) is 3.18. The molecule has 0 aromatic carbocycles. The second-order valence-electron chi connectivity index (χ2n) is 1.08. The quantitative estimate of drug-likeness (QED) is 0.458. The lowest BCUT2D eigenvalue weighted by Crippen LogP contribution is -1.85. The molecule has 10 heavy (non-hydrogen) atoms. The average Bonchev–Trinajstić information content (AvgIpc) is 1.91. The Morgan fingerprint density at radius 2 is 1.00 bits per heavy atom. The number of hydrogen-bond donors (Lipinski definition) is 4. The summed E-state index contributed by atoms with van der Waals surface area (Å²) in [4.78, 5) is 0. The van der Waals surface area contributed by atoms with E-state index in [0.29, 0.717) is 0 Å². The van der Waals surface area contributed by atoms with Crippen LogP contribution in [0, 0.1) is 0 Å². The smallest absolute Gasteiger partial charge is 0.0662 e. The van der Waals surface area contributed by atoms with Crippen molar-refractivity contribution in [2.75, 3.05) is 24.7 Å². The Bertz CT molecular complexity index is 25.7. The fourth-order valence-electron chi connectivity index (χ4n) is 0. The predicted octanol–water partition coefficient (Wildman–Crippen LogP) is 0.843. The number of rotatable bonds is 1. The molecule has 0 unspecified atom stereocenters. The van der Waals surface area contributed by atoms with Gasteiger partial charge in [0.25, 0.3) is 0 Å². The maximum atomic E-state index is 7.62. The van der Waals surface area contributed by atoms with Crippen molar-refractivity contribution >= 4 is 25.3 Å². The van der Waals surface area contributed by atoms with Gasteiger partial charge < -0.3 is 10.2 Å². The van der Waals surface area contributed by atoms with Crippen molar-refractivity contribution in [2.45, 2.75) is 13.8 Å². The van der Waals surface area contributed by atoms with Gasteiger partial charge in [-0.05, 0) is 11.5 Å². The van der Waals surface area contributed by atoms with E-state index in [1.54, 1.807) is 0 Å². The summed E-state index contributed by atoms with van der Waals surface area (Å²) in [5, 5.41) is 15.2. The third-order valence-electron chi connectivity index (χ3n) is 0.1000. The Morgan fingerprint density at radius 1 is 0.900 bits per heavy atom. The zero-order valence-electron chi connectivity index (χ0n) is 6.62. The van der Waals surface area contributed by atoms with E-state index in [9.17, 15) is 0 Å². The molecule has 0 aromatic rings. The van der Waals surface area contributed by atoms with E-state index in [2.05, 4.69) is 25.3 Å². The van der Waals surface area contributed by atoms with Crippen molar-refractivity contribution in [3.63, 3.8) is 0 Å². The van der Waals surface area contributed by atoms with Gasteiger partial charge in [-0.1, -0.05) is 13.8 Å². The van der Waals surface area contributed by atoms with E-state index < -0.39 is 0 Å². The molecule has 0 fully saturated rings. The van der Waals surface area contributed by atoms with Crippen LogP contribution in [0.15, 0.2) is 0 Å². The molecule has 0 amide bonds. The predicted molar refractivity (Wildman–Crippen MR) is 53.2 cm³/mol. The summed E-state index contributed by atoms with van der Waals surface area (Å²) >= 11 is 7.58. The first-order valence-corrected chi connectivity index (χ1v) is 4.44. The van der Waals surface area contributed by atoms with Crippen LogP contribution in [0.1, 0.15) is 13.8 Å². The van der Waals surface area contributed by atoms with Gasteiger partial charge in [-0.2, -0.15) is 25.3 Å². The summed E-state index contributed by atoms with van der Waals surface area (Å²) in [6.07, 6.45) is 0. The number of aliphatic hydroxyl groups is 2. The molecule has 2 N–H and O–H groups in total. The molecule has 0 spiro atoms. The molecule has 2 nitrogen and oxygen atoms in total. The summed E-state index contributed by atoms with van der Waals surface area (Å²) < 4.78 is 0. The van der Waals surface area contributed by atoms with Gasteiger partial charge >= 0.3 is 0 Å². The number of thiol groups is 2. The molecule has 0 saturated carbocycles. The minimum atomic E-state index is -0.125. The van der Waals surface area contributed by atoms with E-state index in [4.69, 9.17) is 10.2 Å². The van der Waals surface area contributed by atoms with Crippen LogP contribution in [0.3, 0.4) is 0 Å². The molecule has 0 aliphatic carbocycles. The first kappa shape index (κ1) is 16.9. The Morgan fingerprint density at radius 3 is 1.00 bits per heavy atom. The second kappa shape index (κ2) is 33.5.